The van der Waals surface area contributed by atoms with Crippen LogP contribution in [-0.2, 0) is 9.53 Å². The van der Waals surface area contributed by atoms with Crippen LogP contribution < -0.4 is 10.1 Å². The van der Waals surface area contributed by atoms with Gasteiger partial charge >= 0.3 is 5.97 Å². The van der Waals surface area contributed by atoms with E-state index in [1.807, 2.05) is 19.9 Å². The molecule has 0 saturated heterocycles. The van der Waals surface area contributed by atoms with Gasteiger partial charge in [0.1, 0.15) is 12.4 Å². The number of carbonyl (C=O) groups is 2. The molecule has 2 N–H and O–H groups in total. The smallest absolute Gasteiger partial charge is 0.328 e. The number of ether oxygens (including phenoxy) is 2. The Labute approximate surface area is 129 Å². The van der Waals surface area contributed by atoms with Gasteiger partial charge in [-0.2, -0.15) is 0 Å². The maximum Gasteiger partial charge on any atom is 0.328 e. The first-order chi connectivity index (χ1) is 10.4. The summed E-state index contributed by atoms with van der Waals surface area (Å²) in [6.45, 7) is 4.25. The van der Waals surface area contributed by atoms with E-state index in [0.29, 0.717) is 17.9 Å². The van der Waals surface area contributed by atoms with Crippen molar-refractivity contribution >= 4 is 11.9 Å². The van der Waals surface area contributed by atoms with E-state index >= 15 is 0 Å². The molecule has 1 atom stereocenters. The highest BCUT2D eigenvalue weighted by molar-refractivity contribution is 5.96. The Kier molecular flexibility index (Phi) is 7.12. The van der Waals surface area contributed by atoms with Gasteiger partial charge in [-0.05, 0) is 38.1 Å². The van der Waals surface area contributed by atoms with Crippen molar-refractivity contribution in [3.63, 3.8) is 0 Å². The SMILES string of the molecule is COCC(NC(=O)c1cccc(OCC=C(C)C)c1)C(=O)O. The van der Waals surface area contributed by atoms with Gasteiger partial charge in [0.05, 0.1) is 6.61 Å². The van der Waals surface area contributed by atoms with Crippen molar-refractivity contribution in [1.82, 2.24) is 5.32 Å². The molecule has 1 aromatic rings. The first kappa shape index (κ1) is 17.7. The molecule has 0 saturated carbocycles. The number of carbonyl (C=O) groups excluding carboxylic acids is 1. The Hall–Kier alpha value is -2.34. The van der Waals surface area contributed by atoms with Crippen molar-refractivity contribution in [1.29, 1.82) is 0 Å². The zero-order chi connectivity index (χ0) is 16.5. The second kappa shape index (κ2) is 8.84. The Bertz CT molecular complexity index is 549. The average Bonchev–Trinajstić information content (AvgIpc) is 2.46. The third-order valence-corrected chi connectivity index (χ3v) is 2.77. The molecule has 0 aliphatic rings. The standard InChI is InChI=1S/C16H21NO5/c1-11(2)7-8-22-13-6-4-5-12(9-13)15(18)17-14(10-21-3)16(19)20/h4-7,9,14H,8,10H2,1-3H3,(H,17,18)(H,19,20). The first-order valence-corrected chi connectivity index (χ1v) is 6.83. The Morgan fingerprint density at radius 1 is 1.36 bits per heavy atom. The molecule has 0 aromatic heterocycles. The Morgan fingerprint density at radius 2 is 2.09 bits per heavy atom. The van der Waals surface area contributed by atoms with Crippen LogP contribution in [0.3, 0.4) is 0 Å². The number of carboxylic acid groups (broad SMARTS) is 1. The molecule has 1 amide bonds. The molecule has 120 valence electrons. The second-order valence-electron chi connectivity index (χ2n) is 4.94. The van der Waals surface area contributed by atoms with Crippen LogP contribution in [0.25, 0.3) is 0 Å². The van der Waals surface area contributed by atoms with Crippen LogP contribution in [0.2, 0.25) is 0 Å². The molecule has 0 spiro atoms. The molecule has 0 heterocycles. The molecule has 6 heteroatoms. The molecular weight excluding hydrogens is 286 g/mol. The molecule has 0 aliphatic heterocycles. The number of hydrogen-bond acceptors (Lipinski definition) is 4. The van der Waals surface area contributed by atoms with Crippen LogP contribution in [0.4, 0.5) is 0 Å². The zero-order valence-corrected chi connectivity index (χ0v) is 13.0. The largest absolute Gasteiger partial charge is 0.490 e. The van der Waals surface area contributed by atoms with Crippen LogP contribution in [-0.4, -0.2) is 43.3 Å². The summed E-state index contributed by atoms with van der Waals surface area (Å²) in [5.74, 6) is -1.09. The lowest BCUT2D eigenvalue weighted by atomic mass is 10.2. The summed E-state index contributed by atoms with van der Waals surface area (Å²) in [6.07, 6.45) is 1.92. The van der Waals surface area contributed by atoms with E-state index in [-0.39, 0.29) is 6.61 Å². The van der Waals surface area contributed by atoms with Crippen LogP contribution in [0.15, 0.2) is 35.9 Å². The number of methoxy groups -OCH3 is 1. The maximum atomic E-state index is 12.1. The van der Waals surface area contributed by atoms with Gasteiger partial charge in [0.2, 0.25) is 0 Å². The van der Waals surface area contributed by atoms with E-state index in [4.69, 9.17) is 14.6 Å². The molecular formula is C16H21NO5. The van der Waals surface area contributed by atoms with E-state index in [1.165, 1.54) is 7.11 Å². The summed E-state index contributed by atoms with van der Waals surface area (Å²) < 4.78 is 10.3. The average molecular weight is 307 g/mol. The van der Waals surface area contributed by atoms with Gasteiger partial charge in [0.25, 0.3) is 5.91 Å². The predicted molar refractivity (Wildman–Crippen MR) is 82.1 cm³/mol. The van der Waals surface area contributed by atoms with Crippen LogP contribution in [0.1, 0.15) is 24.2 Å². The fraction of sp³-hybridized carbons (Fsp3) is 0.375. The van der Waals surface area contributed by atoms with Crippen molar-refractivity contribution in [2.45, 2.75) is 19.9 Å². The number of amides is 1. The van der Waals surface area contributed by atoms with Crippen LogP contribution in [0, 0.1) is 0 Å². The zero-order valence-electron chi connectivity index (χ0n) is 13.0. The quantitative estimate of drug-likeness (QED) is 0.716. The molecule has 0 aliphatic carbocycles. The lowest BCUT2D eigenvalue weighted by Gasteiger charge is -2.14. The highest BCUT2D eigenvalue weighted by Gasteiger charge is 2.20. The van der Waals surface area contributed by atoms with E-state index in [0.717, 1.165) is 5.57 Å². The van der Waals surface area contributed by atoms with Crippen molar-refractivity contribution in [2.75, 3.05) is 20.3 Å². The minimum atomic E-state index is -1.15. The van der Waals surface area contributed by atoms with E-state index in [1.54, 1.807) is 24.3 Å². The highest BCUT2D eigenvalue weighted by atomic mass is 16.5. The lowest BCUT2D eigenvalue weighted by molar-refractivity contribution is -0.140. The van der Waals surface area contributed by atoms with Crippen LogP contribution in [0.5, 0.6) is 5.75 Å². The minimum Gasteiger partial charge on any atom is -0.490 e. The minimum absolute atomic E-state index is 0.0994. The monoisotopic (exact) mass is 307 g/mol. The fourth-order valence-electron chi connectivity index (χ4n) is 1.61. The van der Waals surface area contributed by atoms with Gasteiger partial charge in [-0.25, -0.2) is 4.79 Å². The summed E-state index contributed by atoms with van der Waals surface area (Å²) >= 11 is 0. The summed E-state index contributed by atoms with van der Waals surface area (Å²) in [4.78, 5) is 23.1. The summed E-state index contributed by atoms with van der Waals surface area (Å²) in [6, 6.07) is 5.49. The first-order valence-electron chi connectivity index (χ1n) is 6.83. The van der Waals surface area contributed by atoms with Gasteiger partial charge in [0.15, 0.2) is 6.04 Å². The van der Waals surface area contributed by atoms with Crippen molar-refractivity contribution in [3.05, 3.63) is 41.5 Å². The lowest BCUT2D eigenvalue weighted by Crippen LogP contribution is -2.43. The summed E-state index contributed by atoms with van der Waals surface area (Å²) in [5.41, 5.74) is 1.47. The molecule has 1 unspecified atom stereocenters. The van der Waals surface area contributed by atoms with E-state index < -0.39 is 17.9 Å². The van der Waals surface area contributed by atoms with Gasteiger partial charge in [-0.1, -0.05) is 11.6 Å². The van der Waals surface area contributed by atoms with Crippen molar-refractivity contribution in [2.24, 2.45) is 0 Å². The third kappa shape index (κ3) is 5.97. The Morgan fingerprint density at radius 3 is 2.68 bits per heavy atom. The molecule has 1 rings (SSSR count). The molecule has 1 aromatic carbocycles. The molecule has 22 heavy (non-hydrogen) atoms. The number of rotatable bonds is 8. The van der Waals surface area contributed by atoms with Gasteiger partial charge < -0.3 is 19.9 Å². The maximum absolute atomic E-state index is 12.1. The predicted octanol–water partition coefficient (Wildman–Crippen LogP) is 1.86. The van der Waals surface area contributed by atoms with E-state index in [2.05, 4.69) is 5.32 Å². The normalized spacial score (nSPS) is 11.4. The third-order valence-electron chi connectivity index (χ3n) is 2.77. The number of carboxylic acids is 1. The summed E-state index contributed by atoms with van der Waals surface area (Å²) in [7, 11) is 1.37. The van der Waals surface area contributed by atoms with Crippen LogP contribution >= 0.6 is 0 Å². The van der Waals surface area contributed by atoms with Gasteiger partial charge in [-0.3, -0.25) is 4.79 Å². The Balaban J connectivity index is 2.73. The van der Waals surface area contributed by atoms with Crippen molar-refractivity contribution < 1.29 is 24.2 Å². The number of hydrogen-bond donors (Lipinski definition) is 2. The fourth-order valence-corrected chi connectivity index (χ4v) is 1.61. The number of aliphatic carboxylic acids is 1. The van der Waals surface area contributed by atoms with Gasteiger partial charge in [-0.15, -0.1) is 0 Å². The topological polar surface area (TPSA) is 84.9 Å². The number of allylic oxidation sites excluding steroid dienone is 1. The highest BCUT2D eigenvalue weighted by Crippen LogP contribution is 2.13. The molecule has 0 bridgehead atoms. The molecule has 0 radical (unpaired) electrons. The molecule has 0 fully saturated rings. The molecule has 6 nitrogen and oxygen atoms in total. The van der Waals surface area contributed by atoms with Gasteiger partial charge in [0, 0.05) is 12.7 Å². The number of nitrogens with one attached hydrogen (secondary N) is 1. The number of benzene rings is 1. The van der Waals surface area contributed by atoms with Crippen molar-refractivity contribution in [3.8, 4) is 5.75 Å². The summed E-state index contributed by atoms with van der Waals surface area (Å²) in [5, 5.41) is 11.4. The van der Waals surface area contributed by atoms with E-state index in [9.17, 15) is 9.59 Å². The second-order valence-corrected chi connectivity index (χ2v) is 4.94.